The maximum absolute atomic E-state index is 12.4. The number of alkyl halides is 3. The van der Waals surface area contributed by atoms with Gasteiger partial charge in [-0.05, 0) is 11.6 Å². The van der Waals surface area contributed by atoms with Crippen molar-refractivity contribution in [1.29, 1.82) is 0 Å². The van der Waals surface area contributed by atoms with Gasteiger partial charge in [0.25, 0.3) is 0 Å². The Hall–Kier alpha value is -1.43. The first-order chi connectivity index (χ1) is 7.32. The number of primary amides is 1. The lowest BCUT2D eigenvalue weighted by Crippen LogP contribution is -2.28. The molecule has 0 aliphatic carbocycles. The van der Waals surface area contributed by atoms with E-state index in [1.54, 1.807) is 0 Å². The van der Waals surface area contributed by atoms with Crippen molar-refractivity contribution in [1.82, 2.24) is 5.32 Å². The van der Waals surface area contributed by atoms with Crippen molar-refractivity contribution in [3.05, 3.63) is 34.3 Å². The number of hydrogen-bond acceptors (Lipinski definition) is 1. The highest BCUT2D eigenvalue weighted by atomic mass is 35.5. The van der Waals surface area contributed by atoms with E-state index in [-0.39, 0.29) is 12.1 Å². The maximum Gasteiger partial charge on any atom is 0.417 e. The van der Waals surface area contributed by atoms with E-state index < -0.39 is 22.8 Å². The van der Waals surface area contributed by atoms with Gasteiger partial charge in [-0.15, -0.1) is 0 Å². The Labute approximate surface area is 94.4 Å². The van der Waals surface area contributed by atoms with Crippen molar-refractivity contribution in [3.8, 4) is 0 Å². The van der Waals surface area contributed by atoms with Gasteiger partial charge >= 0.3 is 12.2 Å². The molecule has 0 aromatic heterocycles. The summed E-state index contributed by atoms with van der Waals surface area (Å²) in [6.07, 6.45) is -4.51. The van der Waals surface area contributed by atoms with Crippen LogP contribution < -0.4 is 11.1 Å². The molecule has 0 radical (unpaired) electrons. The summed E-state index contributed by atoms with van der Waals surface area (Å²) in [6, 6.07) is 2.64. The summed E-state index contributed by atoms with van der Waals surface area (Å²) in [5.74, 6) is 0. The number of nitrogens with one attached hydrogen (secondary N) is 1. The molecule has 88 valence electrons. The number of urea groups is 1. The fourth-order valence-electron chi connectivity index (χ4n) is 1.12. The molecule has 0 saturated heterocycles. The maximum atomic E-state index is 12.4. The third kappa shape index (κ3) is 3.03. The van der Waals surface area contributed by atoms with Gasteiger partial charge in [-0.25, -0.2) is 4.79 Å². The third-order valence-electron chi connectivity index (χ3n) is 1.84. The van der Waals surface area contributed by atoms with Gasteiger partial charge in [0, 0.05) is 6.54 Å². The van der Waals surface area contributed by atoms with Gasteiger partial charge in [-0.1, -0.05) is 23.7 Å². The second-order valence-electron chi connectivity index (χ2n) is 2.99. The highest BCUT2D eigenvalue weighted by Crippen LogP contribution is 2.36. The molecule has 0 aliphatic rings. The summed E-state index contributed by atoms with van der Waals surface area (Å²) in [7, 11) is 0. The molecule has 1 aromatic carbocycles. The van der Waals surface area contributed by atoms with Crippen LogP contribution in [-0.4, -0.2) is 6.03 Å². The molecule has 0 bridgehead atoms. The Morgan fingerprint density at radius 3 is 2.56 bits per heavy atom. The first-order valence-corrected chi connectivity index (χ1v) is 4.58. The molecule has 0 fully saturated rings. The van der Waals surface area contributed by atoms with Crippen molar-refractivity contribution in [2.75, 3.05) is 0 Å². The molecular weight excluding hydrogens is 245 g/mol. The second kappa shape index (κ2) is 4.61. The van der Waals surface area contributed by atoms with E-state index in [0.29, 0.717) is 0 Å². The molecule has 3 N–H and O–H groups in total. The summed E-state index contributed by atoms with van der Waals surface area (Å²) in [4.78, 5) is 10.4. The molecule has 1 aromatic rings. The van der Waals surface area contributed by atoms with Crippen molar-refractivity contribution in [2.24, 2.45) is 5.73 Å². The van der Waals surface area contributed by atoms with Gasteiger partial charge in [-0.3, -0.25) is 0 Å². The molecule has 2 amide bonds. The fraction of sp³-hybridized carbons (Fsp3) is 0.222. The van der Waals surface area contributed by atoms with Crippen molar-refractivity contribution < 1.29 is 18.0 Å². The van der Waals surface area contributed by atoms with E-state index in [1.165, 1.54) is 12.1 Å². The van der Waals surface area contributed by atoms with Crippen LogP contribution in [0.2, 0.25) is 5.02 Å². The van der Waals surface area contributed by atoms with Crippen molar-refractivity contribution in [2.45, 2.75) is 12.7 Å². The zero-order chi connectivity index (χ0) is 12.3. The standard InChI is InChI=1S/C9H8ClF3N2O/c10-7-5(4-15-8(14)16)2-1-3-6(7)9(11,12)13/h1-3H,4H2,(H3,14,15,16). The normalized spacial score (nSPS) is 11.2. The highest BCUT2D eigenvalue weighted by molar-refractivity contribution is 6.32. The molecule has 0 atom stereocenters. The van der Waals surface area contributed by atoms with Gasteiger partial charge in [0.15, 0.2) is 0 Å². The number of halogens is 4. The Morgan fingerprint density at radius 1 is 1.44 bits per heavy atom. The predicted octanol–water partition coefficient (Wildman–Crippen LogP) is 2.53. The van der Waals surface area contributed by atoms with Gasteiger partial charge in [0.1, 0.15) is 0 Å². The monoisotopic (exact) mass is 252 g/mol. The molecular formula is C9H8ClF3N2O. The quantitative estimate of drug-likeness (QED) is 0.835. The minimum Gasteiger partial charge on any atom is -0.352 e. The zero-order valence-electron chi connectivity index (χ0n) is 7.94. The Balaban J connectivity index is 3.00. The molecule has 7 heteroatoms. The van der Waals surface area contributed by atoms with Gasteiger partial charge < -0.3 is 11.1 Å². The molecule has 0 heterocycles. The Morgan fingerprint density at radius 2 is 2.06 bits per heavy atom. The average molecular weight is 253 g/mol. The largest absolute Gasteiger partial charge is 0.417 e. The van der Waals surface area contributed by atoms with Crippen LogP contribution in [0.4, 0.5) is 18.0 Å². The first-order valence-electron chi connectivity index (χ1n) is 4.20. The minimum atomic E-state index is -4.51. The molecule has 16 heavy (non-hydrogen) atoms. The van der Waals surface area contributed by atoms with E-state index in [2.05, 4.69) is 5.32 Å². The first kappa shape index (κ1) is 12.6. The van der Waals surface area contributed by atoms with E-state index >= 15 is 0 Å². The van der Waals surface area contributed by atoms with Crippen LogP contribution in [0, 0.1) is 0 Å². The molecule has 1 rings (SSSR count). The summed E-state index contributed by atoms with van der Waals surface area (Å²) in [6.45, 7) is -0.141. The Kier molecular flexibility index (Phi) is 3.64. The molecule has 0 spiro atoms. The molecule has 0 saturated carbocycles. The smallest absolute Gasteiger partial charge is 0.352 e. The number of benzene rings is 1. The molecule has 0 aliphatic heterocycles. The van der Waals surface area contributed by atoms with Gasteiger partial charge in [0.2, 0.25) is 0 Å². The van der Waals surface area contributed by atoms with E-state index in [4.69, 9.17) is 17.3 Å². The molecule has 0 unspecified atom stereocenters. The predicted molar refractivity (Wildman–Crippen MR) is 52.9 cm³/mol. The lowest BCUT2D eigenvalue weighted by atomic mass is 10.1. The fourth-order valence-corrected chi connectivity index (χ4v) is 1.42. The van der Waals surface area contributed by atoms with Crippen LogP contribution in [0.15, 0.2) is 18.2 Å². The summed E-state index contributed by atoms with van der Waals surface area (Å²) in [5.41, 5.74) is 4.03. The van der Waals surface area contributed by atoms with Crippen LogP contribution in [-0.2, 0) is 12.7 Å². The minimum absolute atomic E-state index is 0.141. The lowest BCUT2D eigenvalue weighted by Gasteiger charge is -2.12. The number of amides is 2. The second-order valence-corrected chi connectivity index (χ2v) is 3.37. The SMILES string of the molecule is NC(=O)NCc1cccc(C(F)(F)F)c1Cl. The highest BCUT2D eigenvalue weighted by Gasteiger charge is 2.33. The number of carbonyl (C=O) groups excluding carboxylic acids is 1. The topological polar surface area (TPSA) is 55.1 Å². The molecule has 3 nitrogen and oxygen atoms in total. The van der Waals surface area contributed by atoms with Crippen LogP contribution >= 0.6 is 11.6 Å². The Bertz CT molecular complexity index is 406. The van der Waals surface area contributed by atoms with Crippen LogP contribution in [0.1, 0.15) is 11.1 Å². The number of hydrogen-bond donors (Lipinski definition) is 2. The number of nitrogens with two attached hydrogens (primary N) is 1. The van der Waals surface area contributed by atoms with Gasteiger partial charge in [-0.2, -0.15) is 13.2 Å². The average Bonchev–Trinajstić information content (AvgIpc) is 2.14. The van der Waals surface area contributed by atoms with Crippen LogP contribution in [0.25, 0.3) is 0 Å². The summed E-state index contributed by atoms with van der Waals surface area (Å²) >= 11 is 5.56. The van der Waals surface area contributed by atoms with E-state index in [0.717, 1.165) is 6.07 Å². The van der Waals surface area contributed by atoms with Crippen molar-refractivity contribution in [3.63, 3.8) is 0 Å². The van der Waals surface area contributed by atoms with E-state index in [9.17, 15) is 18.0 Å². The summed E-state index contributed by atoms with van der Waals surface area (Å²) < 4.78 is 37.3. The van der Waals surface area contributed by atoms with Crippen LogP contribution in [0.5, 0.6) is 0 Å². The van der Waals surface area contributed by atoms with E-state index in [1.807, 2.05) is 0 Å². The number of carbonyl (C=O) groups is 1. The van der Waals surface area contributed by atoms with Crippen molar-refractivity contribution >= 4 is 17.6 Å². The zero-order valence-corrected chi connectivity index (χ0v) is 8.69. The third-order valence-corrected chi connectivity index (χ3v) is 2.28. The lowest BCUT2D eigenvalue weighted by molar-refractivity contribution is -0.137. The van der Waals surface area contributed by atoms with Crippen LogP contribution in [0.3, 0.4) is 0 Å². The summed E-state index contributed by atoms with van der Waals surface area (Å²) in [5, 5.41) is 1.74. The number of rotatable bonds is 2. The van der Waals surface area contributed by atoms with Gasteiger partial charge in [0.05, 0.1) is 10.6 Å².